The number of hydrogen-bond acceptors (Lipinski definition) is 11. The van der Waals surface area contributed by atoms with Gasteiger partial charge in [0.05, 0.1) is 132 Å². The lowest BCUT2D eigenvalue weighted by molar-refractivity contribution is -0.0267. The Labute approximate surface area is 391 Å². The fourth-order valence-corrected chi connectivity index (χ4v) is 12.0. The van der Waals surface area contributed by atoms with Crippen LogP contribution in [0.5, 0.6) is 0 Å². The number of benzene rings is 2. The molecule has 0 aliphatic heterocycles. The predicted octanol–water partition coefficient (Wildman–Crippen LogP) is 9.21. The molecule has 0 aromatic heterocycles. The summed E-state index contributed by atoms with van der Waals surface area (Å²) in [7, 11) is -2.54. The molecule has 0 fully saturated rings. The Morgan fingerprint density at radius 2 is 0.531 bits per heavy atom. The van der Waals surface area contributed by atoms with Crippen molar-refractivity contribution in [2.45, 2.75) is 123 Å². The van der Waals surface area contributed by atoms with E-state index in [0.29, 0.717) is 132 Å². The summed E-state index contributed by atoms with van der Waals surface area (Å²) in [4.78, 5) is 0. The number of ether oxygens (including phenoxy) is 10. The molecule has 0 radical (unpaired) electrons. The molecular formula is C52H92O11Si. The van der Waals surface area contributed by atoms with Crippen molar-refractivity contribution in [1.29, 1.82) is 0 Å². The van der Waals surface area contributed by atoms with E-state index in [-0.39, 0.29) is 5.04 Å². The van der Waals surface area contributed by atoms with Gasteiger partial charge in [-0.1, -0.05) is 172 Å². The van der Waals surface area contributed by atoms with Gasteiger partial charge in [0, 0.05) is 6.61 Å². The van der Waals surface area contributed by atoms with E-state index in [0.717, 1.165) is 13.0 Å². The second kappa shape index (κ2) is 42.6. The molecule has 2 aromatic rings. The molecule has 2 aromatic carbocycles. The van der Waals surface area contributed by atoms with Crippen molar-refractivity contribution < 1.29 is 51.8 Å². The van der Waals surface area contributed by atoms with Gasteiger partial charge in [0.15, 0.2) is 0 Å². The van der Waals surface area contributed by atoms with Gasteiger partial charge in [0.2, 0.25) is 0 Å². The van der Waals surface area contributed by atoms with Crippen LogP contribution in [0, 0.1) is 0 Å². The van der Waals surface area contributed by atoms with Gasteiger partial charge >= 0.3 is 0 Å². The summed E-state index contributed by atoms with van der Waals surface area (Å²) in [6, 6.07) is 21.3. The minimum atomic E-state index is -2.54. The summed E-state index contributed by atoms with van der Waals surface area (Å²) in [5, 5.41) is 2.49. The van der Waals surface area contributed by atoms with E-state index in [2.05, 4.69) is 88.4 Å². The van der Waals surface area contributed by atoms with Crippen molar-refractivity contribution in [2.24, 2.45) is 0 Å². The van der Waals surface area contributed by atoms with Crippen LogP contribution in [0.4, 0.5) is 0 Å². The van der Waals surface area contributed by atoms with Gasteiger partial charge in [-0.05, 0) is 21.8 Å². The molecular weight excluding hydrogens is 829 g/mol. The van der Waals surface area contributed by atoms with Gasteiger partial charge < -0.3 is 51.8 Å². The molecule has 0 aliphatic rings. The van der Waals surface area contributed by atoms with E-state index in [1.807, 2.05) is 0 Å². The maximum Gasteiger partial charge on any atom is 0.261 e. The average Bonchev–Trinajstić information content (AvgIpc) is 3.30. The van der Waals surface area contributed by atoms with Gasteiger partial charge in [-0.2, -0.15) is 0 Å². The van der Waals surface area contributed by atoms with Crippen LogP contribution in [0.3, 0.4) is 0 Å². The van der Waals surface area contributed by atoms with E-state index >= 15 is 0 Å². The third kappa shape index (κ3) is 30.5. The van der Waals surface area contributed by atoms with Gasteiger partial charge in [-0.25, -0.2) is 0 Å². The van der Waals surface area contributed by atoms with E-state index in [4.69, 9.17) is 51.8 Å². The summed E-state index contributed by atoms with van der Waals surface area (Å²) in [5.41, 5.74) is 0. The van der Waals surface area contributed by atoms with E-state index in [1.54, 1.807) is 0 Å². The zero-order chi connectivity index (χ0) is 45.8. The highest BCUT2D eigenvalue weighted by molar-refractivity contribution is 6.99. The molecule has 2 rings (SSSR count). The van der Waals surface area contributed by atoms with Crippen molar-refractivity contribution >= 4 is 18.7 Å². The lowest BCUT2D eigenvalue weighted by Gasteiger charge is -2.43. The van der Waals surface area contributed by atoms with Crippen LogP contribution in [0.1, 0.15) is 118 Å². The molecule has 370 valence electrons. The molecule has 0 atom stereocenters. The van der Waals surface area contributed by atoms with Crippen LogP contribution in [-0.4, -0.2) is 147 Å². The first-order valence-electron chi connectivity index (χ1n) is 25.0. The van der Waals surface area contributed by atoms with Crippen LogP contribution in [0.15, 0.2) is 60.7 Å². The maximum absolute atomic E-state index is 6.86. The Morgan fingerprint density at radius 3 is 0.797 bits per heavy atom. The smallest absolute Gasteiger partial charge is 0.261 e. The van der Waals surface area contributed by atoms with E-state index < -0.39 is 8.32 Å². The Morgan fingerprint density at radius 1 is 0.297 bits per heavy atom. The normalized spacial score (nSPS) is 12.1. The summed E-state index contributed by atoms with van der Waals surface area (Å²) in [5.74, 6) is 0. The fourth-order valence-electron chi connectivity index (χ4n) is 7.50. The number of hydrogen-bond donors (Lipinski definition) is 0. The zero-order valence-corrected chi connectivity index (χ0v) is 42.0. The molecule has 0 unspecified atom stereocenters. The molecule has 0 spiro atoms. The van der Waals surface area contributed by atoms with Crippen LogP contribution >= 0.6 is 0 Å². The highest BCUT2D eigenvalue weighted by atomic mass is 28.4. The van der Waals surface area contributed by atoms with Crippen molar-refractivity contribution in [1.82, 2.24) is 0 Å². The summed E-state index contributed by atoms with van der Waals surface area (Å²) in [6.45, 7) is 20.6. The molecule has 0 amide bonds. The third-order valence-corrected chi connectivity index (χ3v) is 16.0. The molecule has 0 bridgehead atoms. The first kappa shape index (κ1) is 58.3. The monoisotopic (exact) mass is 921 g/mol. The van der Waals surface area contributed by atoms with Gasteiger partial charge in [0.25, 0.3) is 8.32 Å². The van der Waals surface area contributed by atoms with Crippen molar-refractivity contribution in [2.75, 3.05) is 139 Å². The highest BCUT2D eigenvalue weighted by Gasteiger charge is 2.50. The quantitative estimate of drug-likeness (QED) is 0.0469. The second-order valence-electron chi connectivity index (χ2n) is 17.2. The Bertz CT molecular complexity index is 1200. The van der Waals surface area contributed by atoms with Crippen LogP contribution < -0.4 is 10.4 Å². The lowest BCUT2D eigenvalue weighted by atomic mass is 10.0. The van der Waals surface area contributed by atoms with E-state index in [9.17, 15) is 0 Å². The predicted molar refractivity (Wildman–Crippen MR) is 262 cm³/mol. The second-order valence-corrected chi connectivity index (χ2v) is 21.5. The molecule has 0 saturated carbocycles. The molecule has 0 saturated heterocycles. The minimum absolute atomic E-state index is 0.0555. The zero-order valence-electron chi connectivity index (χ0n) is 41.0. The summed E-state index contributed by atoms with van der Waals surface area (Å²) < 4.78 is 63.1. The average molecular weight is 921 g/mol. The highest BCUT2D eigenvalue weighted by Crippen LogP contribution is 2.36. The van der Waals surface area contributed by atoms with Crippen molar-refractivity contribution in [3.05, 3.63) is 60.7 Å². The summed E-state index contributed by atoms with van der Waals surface area (Å²) >= 11 is 0. The Kier molecular flexibility index (Phi) is 38.8. The van der Waals surface area contributed by atoms with Gasteiger partial charge in [-0.15, -0.1) is 0 Å². The fraction of sp³-hybridized carbons (Fsp3) is 0.769. The first-order valence-corrected chi connectivity index (χ1v) is 27.0. The van der Waals surface area contributed by atoms with Crippen LogP contribution in [-0.2, 0) is 51.8 Å². The van der Waals surface area contributed by atoms with Gasteiger partial charge in [0.1, 0.15) is 0 Å². The topological polar surface area (TPSA) is 102 Å². The third-order valence-electron chi connectivity index (χ3n) is 11.0. The lowest BCUT2D eigenvalue weighted by Crippen LogP contribution is -2.66. The Balaban J connectivity index is 1.22. The van der Waals surface area contributed by atoms with E-state index in [1.165, 1.54) is 93.8 Å². The number of rotatable bonds is 48. The largest absolute Gasteiger partial charge is 0.405 e. The van der Waals surface area contributed by atoms with Crippen LogP contribution in [0.2, 0.25) is 5.04 Å². The standard InChI is InChI=1S/C52H92O11Si/c1-5-6-7-8-9-10-11-12-13-14-15-16-17-24-29-53-30-31-54-32-33-55-34-35-56-36-37-57-38-39-58-40-41-59-42-43-60-44-45-61-46-47-62-48-49-63-64(52(2,3)4,50-25-20-18-21-26-50)51-27-22-19-23-28-51/h18-23,25-28H,5-17,24,29-49H2,1-4H3. The molecule has 12 heteroatoms. The van der Waals surface area contributed by atoms with Crippen LogP contribution in [0.25, 0.3) is 0 Å². The maximum atomic E-state index is 6.86. The Hall–Kier alpha value is -1.78. The molecule has 0 N–H and O–H groups in total. The molecule has 11 nitrogen and oxygen atoms in total. The number of unbranched alkanes of at least 4 members (excludes halogenated alkanes) is 13. The van der Waals surface area contributed by atoms with Gasteiger partial charge in [-0.3, -0.25) is 0 Å². The molecule has 64 heavy (non-hydrogen) atoms. The SMILES string of the molecule is CCCCCCCCCCCCCCCCOCCOCCOCCOCCOCCOCCOCCOCCOCCOCCO[Si](c1ccccc1)(c1ccccc1)C(C)(C)C. The first-order chi connectivity index (χ1) is 31.5. The molecule has 0 heterocycles. The molecule has 0 aliphatic carbocycles. The minimum Gasteiger partial charge on any atom is -0.405 e. The van der Waals surface area contributed by atoms with Crippen molar-refractivity contribution in [3.8, 4) is 0 Å². The van der Waals surface area contributed by atoms with Crippen molar-refractivity contribution in [3.63, 3.8) is 0 Å². The summed E-state index contributed by atoms with van der Waals surface area (Å²) in [6.07, 6.45) is 19.2.